The highest BCUT2D eigenvalue weighted by atomic mass is 16.1. The zero-order valence-electron chi connectivity index (χ0n) is 6.14. The maximum Gasteiger partial charge on any atom is 0.233 e. The van der Waals surface area contributed by atoms with Gasteiger partial charge in [0.05, 0.1) is 0 Å². The lowest BCUT2D eigenvalue weighted by Gasteiger charge is -1.95. The maximum atomic E-state index is 10.2. The first-order valence-electron chi connectivity index (χ1n) is 3.19. The maximum absolute atomic E-state index is 10.2. The van der Waals surface area contributed by atoms with E-state index in [1.54, 1.807) is 0 Å². The number of hydrogen-bond donors (Lipinski definition) is 0. The summed E-state index contributed by atoms with van der Waals surface area (Å²) in [5, 5.41) is 0. The first-order valence-corrected chi connectivity index (χ1v) is 3.19. The summed E-state index contributed by atoms with van der Waals surface area (Å²) in [6.45, 7) is 3.93. The van der Waals surface area contributed by atoms with Gasteiger partial charge in [-0.15, -0.1) is 0 Å². The van der Waals surface area contributed by atoms with Gasteiger partial charge in [0.2, 0.25) is 6.29 Å². The monoisotopic (exact) mass is 133 g/mol. The van der Waals surface area contributed by atoms with Crippen LogP contribution in [0.25, 0.3) is 0 Å². The smallest absolute Gasteiger partial charge is 0.233 e. The summed E-state index contributed by atoms with van der Waals surface area (Å²) >= 11 is 0. The van der Waals surface area contributed by atoms with E-state index >= 15 is 0 Å². The lowest BCUT2D eigenvalue weighted by atomic mass is 10.1. The quantitative estimate of drug-likeness (QED) is 0.570. The molecule has 1 heteroatoms. The summed E-state index contributed by atoms with van der Waals surface area (Å²) in [4.78, 5) is 10.2. The van der Waals surface area contributed by atoms with Gasteiger partial charge in [-0.3, -0.25) is 4.79 Å². The van der Waals surface area contributed by atoms with E-state index in [1.165, 1.54) is 0 Å². The second kappa shape index (κ2) is 2.65. The van der Waals surface area contributed by atoms with Crippen molar-refractivity contribution < 1.29 is 4.79 Å². The summed E-state index contributed by atoms with van der Waals surface area (Å²) in [6, 6.07) is 5.67. The molecule has 1 aromatic rings. The Labute approximate surface area is 60.7 Å². The van der Waals surface area contributed by atoms with Crippen molar-refractivity contribution in [2.75, 3.05) is 0 Å². The predicted octanol–water partition coefficient (Wildman–Crippen LogP) is 1.76. The van der Waals surface area contributed by atoms with Crippen LogP contribution in [0.5, 0.6) is 0 Å². The average molecular weight is 133 g/mol. The molecule has 0 aromatic heterocycles. The molecule has 0 N–H and O–H groups in total. The molecule has 0 aliphatic carbocycles. The molecular formula is C9H9O. The lowest BCUT2D eigenvalue weighted by molar-refractivity contribution is 0.562. The van der Waals surface area contributed by atoms with Gasteiger partial charge < -0.3 is 0 Å². The van der Waals surface area contributed by atoms with E-state index in [2.05, 4.69) is 0 Å². The van der Waals surface area contributed by atoms with Crippen LogP contribution in [0.3, 0.4) is 0 Å². The Kier molecular flexibility index (Phi) is 1.86. The highest BCUT2D eigenvalue weighted by molar-refractivity contribution is 5.75. The van der Waals surface area contributed by atoms with Crippen LogP contribution in [0, 0.1) is 13.8 Å². The minimum absolute atomic E-state index is 0.637. The van der Waals surface area contributed by atoms with Crippen LogP contribution in [0.4, 0.5) is 0 Å². The lowest BCUT2D eigenvalue weighted by Crippen LogP contribution is -1.83. The molecule has 0 heterocycles. The largest absolute Gasteiger partial charge is 0.285 e. The van der Waals surface area contributed by atoms with Gasteiger partial charge in [-0.05, 0) is 26.0 Å². The summed E-state index contributed by atoms with van der Waals surface area (Å²) in [7, 11) is 0. The summed E-state index contributed by atoms with van der Waals surface area (Å²) in [5.74, 6) is 0. The molecule has 0 saturated heterocycles. The number of aryl methyl sites for hydroxylation is 2. The molecule has 0 saturated carbocycles. The minimum Gasteiger partial charge on any atom is -0.285 e. The molecule has 0 fully saturated rings. The fraction of sp³-hybridized carbons (Fsp3) is 0.222. The molecule has 0 unspecified atom stereocenters. The molecule has 10 heavy (non-hydrogen) atoms. The highest BCUT2D eigenvalue weighted by Gasteiger charge is 1.92. The molecule has 0 amide bonds. The van der Waals surface area contributed by atoms with Crippen LogP contribution >= 0.6 is 0 Å². The molecule has 0 atom stereocenters. The molecule has 1 aromatic carbocycles. The van der Waals surface area contributed by atoms with E-state index in [0.29, 0.717) is 5.56 Å². The Morgan fingerprint density at radius 3 is 2.00 bits per heavy atom. The van der Waals surface area contributed by atoms with Crippen molar-refractivity contribution in [2.24, 2.45) is 0 Å². The Morgan fingerprint density at radius 2 is 1.60 bits per heavy atom. The SMILES string of the molecule is Cc1cc(C)cc([C]=O)c1. The number of carbonyl (C=O) groups excluding carboxylic acids is 1. The van der Waals surface area contributed by atoms with Crippen molar-refractivity contribution in [3.63, 3.8) is 0 Å². The first kappa shape index (κ1) is 7.00. The van der Waals surface area contributed by atoms with Gasteiger partial charge >= 0.3 is 0 Å². The molecule has 0 aliphatic heterocycles. The molecule has 1 nitrogen and oxygen atoms in total. The Morgan fingerprint density at radius 1 is 1.10 bits per heavy atom. The van der Waals surface area contributed by atoms with E-state index in [-0.39, 0.29) is 0 Å². The second-order valence-corrected chi connectivity index (χ2v) is 2.48. The summed E-state index contributed by atoms with van der Waals surface area (Å²) in [6.07, 6.45) is 1.86. The van der Waals surface area contributed by atoms with Crippen LogP contribution in [-0.4, -0.2) is 6.29 Å². The number of benzene rings is 1. The van der Waals surface area contributed by atoms with E-state index in [1.807, 2.05) is 38.3 Å². The van der Waals surface area contributed by atoms with Gasteiger partial charge in [0.15, 0.2) is 0 Å². The van der Waals surface area contributed by atoms with Gasteiger partial charge in [0, 0.05) is 5.56 Å². The zero-order chi connectivity index (χ0) is 7.56. The molecule has 1 radical (unpaired) electrons. The Bertz CT molecular complexity index is 231. The fourth-order valence-corrected chi connectivity index (χ4v) is 1.03. The second-order valence-electron chi connectivity index (χ2n) is 2.48. The van der Waals surface area contributed by atoms with Crippen molar-refractivity contribution in [2.45, 2.75) is 13.8 Å². The third kappa shape index (κ3) is 1.44. The third-order valence-corrected chi connectivity index (χ3v) is 1.34. The number of rotatable bonds is 1. The summed E-state index contributed by atoms with van der Waals surface area (Å²) in [5.41, 5.74) is 2.86. The van der Waals surface area contributed by atoms with Gasteiger partial charge in [0.25, 0.3) is 0 Å². The van der Waals surface area contributed by atoms with Gasteiger partial charge in [-0.2, -0.15) is 0 Å². The standard InChI is InChI=1S/C9H9O/c1-7-3-8(2)5-9(4-7)6-10/h3-5H,1-2H3. The Balaban J connectivity index is 3.18. The predicted molar refractivity (Wildman–Crippen MR) is 40.7 cm³/mol. The van der Waals surface area contributed by atoms with E-state index < -0.39 is 0 Å². The van der Waals surface area contributed by atoms with Crippen molar-refractivity contribution in [3.8, 4) is 0 Å². The topological polar surface area (TPSA) is 17.1 Å². The molecule has 1 rings (SSSR count). The van der Waals surface area contributed by atoms with E-state index in [9.17, 15) is 4.79 Å². The van der Waals surface area contributed by atoms with Crippen molar-refractivity contribution >= 4 is 6.29 Å². The van der Waals surface area contributed by atoms with Crippen LogP contribution < -0.4 is 0 Å². The first-order chi connectivity index (χ1) is 4.72. The van der Waals surface area contributed by atoms with E-state index in [0.717, 1.165) is 11.1 Å². The molecule has 0 bridgehead atoms. The minimum atomic E-state index is 0.637. The van der Waals surface area contributed by atoms with Crippen LogP contribution in [-0.2, 0) is 4.79 Å². The number of hydrogen-bond acceptors (Lipinski definition) is 1. The van der Waals surface area contributed by atoms with Crippen LogP contribution in [0.15, 0.2) is 18.2 Å². The third-order valence-electron chi connectivity index (χ3n) is 1.34. The highest BCUT2D eigenvalue weighted by Crippen LogP contribution is 2.05. The van der Waals surface area contributed by atoms with Crippen molar-refractivity contribution in [1.29, 1.82) is 0 Å². The Hall–Kier alpha value is -1.11. The van der Waals surface area contributed by atoms with Crippen molar-refractivity contribution in [1.82, 2.24) is 0 Å². The zero-order valence-corrected chi connectivity index (χ0v) is 6.14. The fourth-order valence-electron chi connectivity index (χ4n) is 1.03. The van der Waals surface area contributed by atoms with Crippen molar-refractivity contribution in [3.05, 3.63) is 34.9 Å². The van der Waals surface area contributed by atoms with Gasteiger partial charge in [0.1, 0.15) is 0 Å². The molecule has 51 valence electrons. The van der Waals surface area contributed by atoms with E-state index in [4.69, 9.17) is 0 Å². The van der Waals surface area contributed by atoms with Gasteiger partial charge in [-0.1, -0.05) is 17.2 Å². The normalized spacial score (nSPS) is 9.40. The molecule has 0 spiro atoms. The van der Waals surface area contributed by atoms with Crippen LogP contribution in [0.2, 0.25) is 0 Å². The molecular weight excluding hydrogens is 124 g/mol. The average Bonchev–Trinajstić information content (AvgIpc) is 1.85. The molecule has 0 aliphatic rings. The van der Waals surface area contributed by atoms with Gasteiger partial charge in [-0.25, -0.2) is 0 Å². The van der Waals surface area contributed by atoms with Crippen LogP contribution in [0.1, 0.15) is 16.7 Å². The summed E-state index contributed by atoms with van der Waals surface area (Å²) < 4.78 is 0.